The van der Waals surface area contributed by atoms with Gasteiger partial charge in [0.05, 0.1) is 46.8 Å². The summed E-state index contributed by atoms with van der Waals surface area (Å²) in [7, 11) is 3.47. The number of carbonyl (C=O) groups excluding carboxylic acids is 3. The van der Waals surface area contributed by atoms with E-state index in [-0.39, 0.29) is 49.6 Å². The summed E-state index contributed by atoms with van der Waals surface area (Å²) in [5, 5.41) is 20.1. The molecule has 3 aromatic carbocycles. The van der Waals surface area contributed by atoms with Gasteiger partial charge in [-0.1, -0.05) is 18.2 Å². The lowest BCUT2D eigenvalue weighted by Crippen LogP contribution is -2.63. The van der Waals surface area contributed by atoms with Gasteiger partial charge in [-0.15, -0.1) is 0 Å². The fourth-order valence-electron chi connectivity index (χ4n) is 6.29. The largest absolute Gasteiger partial charge is 0.488 e. The summed E-state index contributed by atoms with van der Waals surface area (Å²) in [4.78, 5) is 42.9. The number of carbonyl (C=O) groups is 3. The average Bonchev–Trinajstić information content (AvgIpc) is 3.40. The second-order valence-corrected chi connectivity index (χ2v) is 12.4. The van der Waals surface area contributed by atoms with Crippen LogP contribution in [0, 0.1) is 23.0 Å². The second-order valence-electron chi connectivity index (χ2n) is 11.6. The molecule has 10 nitrogen and oxygen atoms in total. The Morgan fingerprint density at radius 1 is 1.04 bits per heavy atom. The molecule has 0 unspecified atom stereocenters. The van der Waals surface area contributed by atoms with E-state index in [0.717, 1.165) is 0 Å². The molecule has 0 aromatic heterocycles. The van der Waals surface area contributed by atoms with Crippen molar-refractivity contribution in [2.75, 3.05) is 37.7 Å². The number of nitriles is 1. The molecule has 0 spiro atoms. The normalized spacial score (nSPS) is 20.7. The Hall–Kier alpha value is -4.64. The number of anilines is 1. The van der Waals surface area contributed by atoms with Gasteiger partial charge in [0.2, 0.25) is 11.8 Å². The van der Waals surface area contributed by atoms with Crippen molar-refractivity contribution in [2.45, 2.75) is 37.2 Å². The first-order valence-electron chi connectivity index (χ1n) is 14.9. The molecular weight excluding hydrogens is 612 g/mol. The fourth-order valence-corrected chi connectivity index (χ4v) is 6.66. The minimum Gasteiger partial charge on any atom is -0.488 e. The van der Waals surface area contributed by atoms with Crippen molar-refractivity contribution in [3.05, 3.63) is 94.0 Å². The molecule has 3 radical (unpaired) electrons. The molecule has 235 valence electrons. The highest BCUT2D eigenvalue weighted by Gasteiger charge is 2.49. The maximum absolute atomic E-state index is 15.4. The standard InChI is InChI=1S/C33H30F2N5O5Si/c34-25-15-21(28(18-41)39-12-10-38(11-13-39)27-7-4-20(16-36)14-26(27)35)5-6-22(25)19-45-29-3-1-2-23-24(29)17-40(31(23)43)33(46)9-8-30(42)37-32(33)44/h1-7,14-15,28,41H,8-13,17-19H2,(H,37,42,44)/t28-,33+/m0/s1. The first-order chi connectivity index (χ1) is 22.1. The number of fused-ring (bicyclic) bond motifs is 1. The topological polar surface area (TPSA) is 126 Å². The molecule has 2 fully saturated rings. The van der Waals surface area contributed by atoms with Crippen LogP contribution in [0.1, 0.15) is 51.5 Å². The van der Waals surface area contributed by atoms with Crippen molar-refractivity contribution in [1.82, 2.24) is 15.1 Å². The molecule has 46 heavy (non-hydrogen) atoms. The van der Waals surface area contributed by atoms with E-state index in [1.54, 1.807) is 42.5 Å². The van der Waals surface area contributed by atoms with Gasteiger partial charge in [-0.2, -0.15) is 5.26 Å². The van der Waals surface area contributed by atoms with Gasteiger partial charge in [0.15, 0.2) is 0 Å². The predicted octanol–water partition coefficient (Wildman–Crippen LogP) is 2.53. The summed E-state index contributed by atoms with van der Waals surface area (Å²) in [5.41, 5.74) is 2.47. The van der Waals surface area contributed by atoms with Crippen LogP contribution in [0.2, 0.25) is 0 Å². The number of hydrogen-bond acceptors (Lipinski definition) is 8. The number of benzene rings is 3. The number of aliphatic hydroxyl groups is 1. The minimum absolute atomic E-state index is 0.0696. The van der Waals surface area contributed by atoms with Gasteiger partial charge in [0, 0.05) is 49.3 Å². The number of rotatable bonds is 8. The van der Waals surface area contributed by atoms with Gasteiger partial charge in [0.1, 0.15) is 29.2 Å². The zero-order valence-corrected chi connectivity index (χ0v) is 25.8. The molecule has 3 aromatic rings. The Kier molecular flexibility index (Phi) is 8.60. The number of amides is 3. The molecule has 0 bridgehead atoms. The first kappa shape index (κ1) is 31.3. The lowest BCUT2D eigenvalue weighted by molar-refractivity contribution is -0.138. The summed E-state index contributed by atoms with van der Waals surface area (Å²) in [6.07, 6.45) is 0.210. The molecule has 3 aliphatic rings. The average molecular weight is 643 g/mol. The molecule has 0 aliphatic carbocycles. The van der Waals surface area contributed by atoms with Crippen LogP contribution in [0.5, 0.6) is 5.75 Å². The summed E-state index contributed by atoms with van der Waals surface area (Å²) >= 11 is 0. The van der Waals surface area contributed by atoms with Gasteiger partial charge in [0.25, 0.3) is 5.91 Å². The van der Waals surface area contributed by atoms with Crippen molar-refractivity contribution in [1.29, 1.82) is 5.26 Å². The van der Waals surface area contributed by atoms with E-state index in [4.69, 9.17) is 10.00 Å². The monoisotopic (exact) mass is 642 g/mol. The third kappa shape index (κ3) is 5.75. The Balaban J connectivity index is 1.11. The van der Waals surface area contributed by atoms with Crippen LogP contribution >= 0.6 is 0 Å². The van der Waals surface area contributed by atoms with Crippen molar-refractivity contribution in [3.63, 3.8) is 0 Å². The minimum atomic E-state index is -1.38. The van der Waals surface area contributed by atoms with Crippen LogP contribution in [-0.4, -0.2) is 80.8 Å². The molecule has 2 saturated heterocycles. The highest BCUT2D eigenvalue weighted by Crippen LogP contribution is 2.37. The molecule has 0 saturated carbocycles. The van der Waals surface area contributed by atoms with Crippen LogP contribution in [0.15, 0.2) is 54.6 Å². The van der Waals surface area contributed by atoms with E-state index in [0.29, 0.717) is 54.3 Å². The molecule has 3 amide bonds. The van der Waals surface area contributed by atoms with Crippen LogP contribution in [-0.2, 0) is 22.7 Å². The zero-order valence-electron chi connectivity index (χ0n) is 24.8. The number of nitrogens with zero attached hydrogens (tertiary/aromatic N) is 4. The van der Waals surface area contributed by atoms with Gasteiger partial charge >= 0.3 is 0 Å². The smallest absolute Gasteiger partial charge is 0.255 e. The van der Waals surface area contributed by atoms with Crippen LogP contribution in [0.3, 0.4) is 0 Å². The number of hydrogen-bond donors (Lipinski definition) is 2. The third-order valence-corrected chi connectivity index (χ3v) is 9.67. The fraction of sp³-hybridized carbons (Fsp3) is 0.333. The maximum Gasteiger partial charge on any atom is 0.255 e. The number of piperazine rings is 1. The molecule has 2 atom stereocenters. The summed E-state index contributed by atoms with van der Waals surface area (Å²) in [6, 6.07) is 15.5. The third-order valence-electron chi connectivity index (χ3n) is 8.92. The van der Waals surface area contributed by atoms with E-state index in [1.165, 1.54) is 17.0 Å². The lowest BCUT2D eigenvalue weighted by atomic mass is 10.0. The van der Waals surface area contributed by atoms with Gasteiger partial charge in [-0.3, -0.25) is 24.6 Å². The number of aliphatic hydroxyl groups excluding tert-OH is 1. The van der Waals surface area contributed by atoms with E-state index in [9.17, 15) is 23.9 Å². The summed E-state index contributed by atoms with van der Waals surface area (Å²) in [6.45, 7) is 1.73. The Bertz CT molecular complexity index is 1760. The van der Waals surface area contributed by atoms with E-state index in [1.807, 2.05) is 15.9 Å². The van der Waals surface area contributed by atoms with Crippen molar-refractivity contribution < 1.29 is 33.0 Å². The summed E-state index contributed by atoms with van der Waals surface area (Å²) in [5.74, 6) is -1.98. The van der Waals surface area contributed by atoms with Crippen LogP contribution in [0.25, 0.3) is 0 Å². The van der Waals surface area contributed by atoms with E-state index in [2.05, 4.69) is 15.6 Å². The Morgan fingerprint density at radius 2 is 1.83 bits per heavy atom. The van der Waals surface area contributed by atoms with Crippen molar-refractivity contribution in [3.8, 4) is 11.8 Å². The van der Waals surface area contributed by atoms with E-state index >= 15 is 4.39 Å². The number of halogens is 2. The quantitative estimate of drug-likeness (QED) is 0.284. The molecular formula is C33H30F2N5O5Si. The number of imide groups is 1. The highest BCUT2D eigenvalue weighted by molar-refractivity contribution is 6.32. The number of ether oxygens (including phenoxy) is 1. The molecule has 3 heterocycles. The number of nitrogens with one attached hydrogen (secondary N) is 1. The van der Waals surface area contributed by atoms with Crippen LogP contribution in [0.4, 0.5) is 14.5 Å². The summed E-state index contributed by atoms with van der Waals surface area (Å²) < 4.78 is 35.9. The zero-order chi connectivity index (χ0) is 32.6. The van der Waals surface area contributed by atoms with Crippen LogP contribution < -0.4 is 15.0 Å². The molecule has 13 heteroatoms. The van der Waals surface area contributed by atoms with Crippen molar-refractivity contribution in [2.24, 2.45) is 0 Å². The van der Waals surface area contributed by atoms with Gasteiger partial charge in [-0.25, -0.2) is 8.78 Å². The second kappa shape index (κ2) is 12.6. The molecule has 6 rings (SSSR count). The van der Waals surface area contributed by atoms with Gasteiger partial charge in [-0.05, 0) is 48.4 Å². The first-order valence-corrected chi connectivity index (χ1v) is 15.4. The molecule has 3 aliphatic heterocycles. The Labute approximate surface area is 267 Å². The Morgan fingerprint density at radius 3 is 2.50 bits per heavy atom. The van der Waals surface area contributed by atoms with Gasteiger partial charge < -0.3 is 19.6 Å². The predicted molar refractivity (Wildman–Crippen MR) is 163 cm³/mol. The van der Waals surface area contributed by atoms with E-state index < -0.39 is 34.7 Å². The van der Waals surface area contributed by atoms with Crippen molar-refractivity contribution >= 4 is 33.7 Å². The number of piperidine rings is 1. The lowest BCUT2D eigenvalue weighted by Gasteiger charge is -2.40. The molecule has 2 N–H and O–H groups in total. The SMILES string of the molecule is N#Cc1ccc(N2CCN([C@@H](CO)c3ccc(COc4cccc5c4CN([C@@]4([Si])CCC(=O)NC4=O)C5=O)c(F)c3)CC2)c(F)c1. The highest BCUT2D eigenvalue weighted by atomic mass is 28.1. The maximum atomic E-state index is 15.4.